The Morgan fingerprint density at radius 1 is 0.675 bits per heavy atom. The quantitative estimate of drug-likeness (QED) is 0.0108. The molecular weight excluding hydrogens is 1540 g/mol. The number of urea groups is 1. The van der Waals surface area contributed by atoms with Crippen molar-refractivity contribution in [3.63, 3.8) is 0 Å². The molecule has 4 bridgehead atoms. The number of rotatable bonds is 23. The SMILES string of the molecule is C[C@@H](O)[C@@H]1NC(=O)[C@@H]2CCc3cn(nn3)CCC[C@H](C(=O)N[C@@H](Cc3ccc(O)cc3)C(=O)O)NC(=O)[C@H](CCC(N)O)NC(=O)C(Cc3c[nH]c4ccccc34)NC(=O)[C@H](CCCNC(N)=O)NC(=O)[C@H](CSSCC(NC(=O)CN)C(=O)N2)NC(=O)[C@H](CCCNC(=N)N)NC(=O)[C@@H]2CCCN2C(=O)[C@H](CC(=O)O)NC1=O. The largest absolute Gasteiger partial charge is 0.508 e. The summed E-state index contributed by atoms with van der Waals surface area (Å²) < 4.78 is 1.29. The maximum atomic E-state index is 15.3. The Kier molecular flexibility index (Phi) is 34.8. The summed E-state index contributed by atoms with van der Waals surface area (Å²) in [6, 6.07) is -9.35. The number of hydrogen-bond acceptors (Lipinski definition) is 25. The van der Waals surface area contributed by atoms with Crippen molar-refractivity contribution in [2.45, 2.75) is 195 Å². The number of nitrogens with two attached hydrogens (primary N) is 4. The molecule has 2 aromatic carbocycles. The number of nitrogens with zero attached hydrogens (tertiary/aromatic N) is 4. The first-order valence-corrected chi connectivity index (χ1v) is 39.2. The van der Waals surface area contributed by atoms with E-state index in [2.05, 4.69) is 84.4 Å². The van der Waals surface area contributed by atoms with Gasteiger partial charge in [-0.2, -0.15) is 0 Å². The third-order valence-electron chi connectivity index (χ3n) is 18.7. The van der Waals surface area contributed by atoms with Crippen molar-refractivity contribution >= 4 is 127 Å². The molecule has 0 saturated carbocycles. The van der Waals surface area contributed by atoms with E-state index >= 15 is 19.2 Å². The molecule has 622 valence electrons. The van der Waals surface area contributed by atoms with Gasteiger partial charge in [0.05, 0.1) is 24.8 Å². The molecule has 7 rings (SSSR count). The van der Waals surface area contributed by atoms with E-state index in [0.29, 0.717) is 22.0 Å². The van der Waals surface area contributed by atoms with Crippen LogP contribution in [0.25, 0.3) is 10.9 Å². The second-order valence-electron chi connectivity index (χ2n) is 27.4. The monoisotopic (exact) mass is 1630 g/mol. The molecule has 28 N–H and O–H groups in total. The summed E-state index contributed by atoms with van der Waals surface area (Å²) in [7, 11) is 1.65. The third-order valence-corrected chi connectivity index (χ3v) is 21.1. The molecule has 0 radical (unpaired) electrons. The van der Waals surface area contributed by atoms with Gasteiger partial charge in [-0.25, -0.2) is 9.59 Å². The van der Waals surface area contributed by atoms with E-state index in [9.17, 15) is 78.3 Å². The predicted octanol–water partition coefficient (Wildman–Crippen LogP) is -6.94. The van der Waals surface area contributed by atoms with Crippen LogP contribution < -0.4 is 92.1 Å². The van der Waals surface area contributed by atoms with Gasteiger partial charge in [-0.3, -0.25) is 72.4 Å². The van der Waals surface area contributed by atoms with Crippen LogP contribution in [0.5, 0.6) is 5.75 Å². The molecule has 14 atom stereocenters. The second-order valence-corrected chi connectivity index (χ2v) is 30.0. The van der Waals surface area contributed by atoms with Crippen molar-refractivity contribution in [2.75, 3.05) is 37.7 Å². The molecule has 2 aromatic heterocycles. The number of H-pyrrole nitrogens is 1. The first-order chi connectivity index (χ1) is 54.3. The summed E-state index contributed by atoms with van der Waals surface area (Å²) in [6.07, 6.45) is -4.84. The number of phenols is 1. The Hall–Kier alpha value is -11.4. The Labute approximate surface area is 660 Å². The van der Waals surface area contributed by atoms with Crippen molar-refractivity contribution < 1.29 is 97.5 Å². The summed E-state index contributed by atoms with van der Waals surface area (Å²) in [5.74, 6) is -17.7. The van der Waals surface area contributed by atoms with Crippen LogP contribution in [0.4, 0.5) is 4.79 Å². The summed E-state index contributed by atoms with van der Waals surface area (Å²) >= 11 is 0. The van der Waals surface area contributed by atoms with Crippen LogP contribution in [-0.2, 0) is 92.9 Å². The van der Waals surface area contributed by atoms with Crippen molar-refractivity contribution in [2.24, 2.45) is 22.9 Å². The lowest BCUT2D eigenvalue weighted by molar-refractivity contribution is -0.146. The number of aliphatic carboxylic acids is 2. The molecule has 3 aliphatic rings. The lowest BCUT2D eigenvalue weighted by Crippen LogP contribution is -2.62. The lowest BCUT2D eigenvalue weighted by atomic mass is 10.0. The van der Waals surface area contributed by atoms with Crippen LogP contribution in [0.15, 0.2) is 60.9 Å². The number of carboxylic acids is 2. The summed E-state index contributed by atoms with van der Waals surface area (Å²) in [6.45, 7) is -0.165. The van der Waals surface area contributed by atoms with Gasteiger partial charge >= 0.3 is 18.0 Å². The highest BCUT2D eigenvalue weighted by Gasteiger charge is 2.43. The van der Waals surface area contributed by atoms with Crippen molar-refractivity contribution in [1.29, 1.82) is 5.41 Å². The first kappa shape index (κ1) is 89.8. The fraction of sp³-hybridized carbons (Fsp3) is 0.536. The number of amides is 14. The zero-order chi connectivity index (χ0) is 83.3. The molecule has 2 fully saturated rings. The maximum absolute atomic E-state index is 15.3. The third kappa shape index (κ3) is 28.0. The van der Waals surface area contributed by atoms with E-state index in [1.807, 2.05) is 0 Å². The number of guanidine groups is 1. The van der Waals surface area contributed by atoms with Crippen LogP contribution in [0.3, 0.4) is 0 Å². The highest BCUT2D eigenvalue weighted by molar-refractivity contribution is 8.76. The van der Waals surface area contributed by atoms with Gasteiger partial charge in [0, 0.05) is 73.8 Å². The Morgan fingerprint density at radius 2 is 1.28 bits per heavy atom. The van der Waals surface area contributed by atoms with Crippen molar-refractivity contribution in [3.8, 4) is 5.75 Å². The fourth-order valence-electron chi connectivity index (χ4n) is 12.7. The molecule has 0 aliphatic carbocycles. The standard InChI is InChI=1S/C69H99N23O20S2/c1-34(93)55-65(108)85-47(28-54(97)98)66(109)92-25-7-13-51(92)64(107)83-42(10-4-22-75-68(72)73)58(101)87-50-33-114-113-32-49(78-53(96)29-70)62(105)82-44(60(103)88-55)19-16-37-31-91(90-89-37)24-6-12-43(57(100)86-48(67(110)111)26-35-14-17-38(94)18-15-35)79-59(102)45(20-21-52(71)95)81-61(104)46(27-36-30-77-40-9-3-2-8-39(36)40)84-56(99)41(80-63(50)106)11-5-23-76-69(74)112/h2-3,8-9,14-15,17-18,30-31,34,41-52,55,77,93-95H,4-7,10-13,16,19-29,32-33,70-71H2,1H3,(H,78,96)(H,79,102)(H,80,106)(H,81,104)(H,82,105)(H,83,107)(H,84,99)(H,85,108)(H,86,100)(H,87,101)(H,88,103)(H,97,98)(H,110,111)(H4,72,73,75)(H3,74,76,112)/t34-,41+,42+,43-,44+,45+,46?,47+,48+,49?,50+,51+,52?,55+/m1/s1. The predicted molar refractivity (Wildman–Crippen MR) is 408 cm³/mol. The number of aromatic nitrogens is 4. The number of carboxylic acid groups (broad SMARTS) is 2. The number of carbonyl (C=O) groups is 15. The van der Waals surface area contributed by atoms with Gasteiger partial charge in [0.1, 0.15) is 84.5 Å². The number of fused-ring (bicyclic) bond motifs is 12. The van der Waals surface area contributed by atoms with E-state index in [-0.39, 0.29) is 115 Å². The topological polar surface area (TPSA) is 691 Å². The highest BCUT2D eigenvalue weighted by Crippen LogP contribution is 2.26. The minimum atomic E-state index is -2.01. The Balaban J connectivity index is 1.39. The highest BCUT2D eigenvalue weighted by atomic mass is 33.1. The van der Waals surface area contributed by atoms with Crippen LogP contribution in [0.2, 0.25) is 0 Å². The Morgan fingerprint density at radius 3 is 1.95 bits per heavy atom. The number of benzene rings is 2. The molecule has 43 nitrogen and oxygen atoms in total. The van der Waals surface area contributed by atoms with E-state index in [4.69, 9.17) is 28.3 Å². The molecule has 3 unspecified atom stereocenters. The average molecular weight is 1630 g/mol. The van der Waals surface area contributed by atoms with Crippen LogP contribution in [0.1, 0.15) is 101 Å². The summed E-state index contributed by atoms with van der Waals surface area (Å²) in [5.41, 5.74) is 24.0. The van der Waals surface area contributed by atoms with E-state index in [1.165, 1.54) is 35.1 Å². The number of hydrogen-bond donors (Lipinski definition) is 24. The van der Waals surface area contributed by atoms with Gasteiger partial charge in [0.2, 0.25) is 70.9 Å². The second kappa shape index (κ2) is 44.1. The van der Waals surface area contributed by atoms with Gasteiger partial charge in [-0.15, -0.1) is 5.10 Å². The van der Waals surface area contributed by atoms with Gasteiger partial charge in [0.15, 0.2) is 5.96 Å². The molecule has 2 saturated heterocycles. The number of aliphatic hydroxyl groups excluding tert-OH is 2. The zero-order valence-electron chi connectivity index (χ0n) is 62.2. The lowest BCUT2D eigenvalue weighted by Gasteiger charge is -2.31. The summed E-state index contributed by atoms with van der Waals surface area (Å²) in [5, 5.41) is 102. The zero-order valence-corrected chi connectivity index (χ0v) is 63.8. The number of carbonyl (C=O) groups excluding carboxylic acids is 13. The molecule has 0 spiro atoms. The smallest absolute Gasteiger partial charge is 0.326 e. The van der Waals surface area contributed by atoms with Gasteiger partial charge < -0.3 is 127 Å². The maximum Gasteiger partial charge on any atom is 0.326 e. The van der Waals surface area contributed by atoms with Crippen LogP contribution in [-0.4, -0.2) is 268 Å². The number of aryl methyl sites for hydroxylation is 2. The first-order valence-electron chi connectivity index (χ1n) is 36.7. The van der Waals surface area contributed by atoms with E-state index in [0.717, 1.165) is 33.4 Å². The number of aromatic hydroxyl groups is 1. The molecule has 114 heavy (non-hydrogen) atoms. The minimum absolute atomic E-state index is 0.0212. The molecular formula is C69H99N23O20S2. The molecule has 3 aliphatic heterocycles. The summed E-state index contributed by atoms with van der Waals surface area (Å²) in [4.78, 5) is 218. The number of nitrogens with one attached hydrogen (secondary N) is 15. The fourth-order valence-corrected chi connectivity index (χ4v) is 15.0. The number of aromatic amines is 1. The molecule has 5 heterocycles. The van der Waals surface area contributed by atoms with Crippen molar-refractivity contribution in [3.05, 3.63) is 77.7 Å². The van der Waals surface area contributed by atoms with Crippen LogP contribution in [0, 0.1) is 5.41 Å². The number of para-hydroxylation sites is 1. The average Bonchev–Trinajstić information content (AvgIpc) is 1.60. The number of aliphatic hydroxyl groups is 2. The molecule has 14 amide bonds. The molecule has 4 aromatic rings. The van der Waals surface area contributed by atoms with Crippen molar-refractivity contribution in [1.82, 2.24) is 94.0 Å². The van der Waals surface area contributed by atoms with Gasteiger partial charge in [-0.1, -0.05) is 57.1 Å². The Bertz CT molecular complexity index is 4090. The van der Waals surface area contributed by atoms with Crippen LogP contribution >= 0.6 is 21.6 Å². The van der Waals surface area contributed by atoms with Gasteiger partial charge in [0.25, 0.3) is 0 Å². The molecule has 45 heteroatoms. The number of phenolic OH excluding ortho intramolecular Hbond substituents is 1. The van der Waals surface area contributed by atoms with E-state index in [1.54, 1.807) is 30.5 Å². The van der Waals surface area contributed by atoms with Gasteiger partial charge in [-0.05, 0) is 113 Å². The minimum Gasteiger partial charge on any atom is -0.508 e. The number of primary amides is 1. The normalized spacial score (nSPS) is 24.1. The van der Waals surface area contributed by atoms with E-state index < -0.39 is 217 Å².